The molecule has 0 saturated heterocycles. The zero-order valence-electron chi connectivity index (χ0n) is 19.3. The second-order valence-corrected chi connectivity index (χ2v) is 12.2. The molecule has 1 aromatic heterocycles. The number of rotatable bonds is 0. The van der Waals surface area contributed by atoms with Crippen LogP contribution < -0.4 is 0 Å². The first-order chi connectivity index (χ1) is 14.2. The van der Waals surface area contributed by atoms with E-state index in [9.17, 15) is 4.79 Å². The van der Waals surface area contributed by atoms with Crippen molar-refractivity contribution in [2.75, 3.05) is 0 Å². The quantitative estimate of drug-likeness (QED) is 0.505. The zero-order valence-corrected chi connectivity index (χ0v) is 19.3. The number of ketones is 1. The van der Waals surface area contributed by atoms with Crippen LogP contribution in [0.25, 0.3) is 10.9 Å². The number of fused-ring (bicyclic) bond motifs is 3. The first-order valence-electron chi connectivity index (χ1n) is 12.4. The fraction of sp³-hybridized carbons (Fsp3) is 0.679. The maximum absolute atomic E-state index is 13.9. The lowest BCUT2D eigenvalue weighted by molar-refractivity contribution is -0.189. The molecule has 0 radical (unpaired) electrons. The predicted molar refractivity (Wildman–Crippen MR) is 123 cm³/mol. The Morgan fingerprint density at radius 1 is 1.03 bits per heavy atom. The zero-order chi connectivity index (χ0) is 21.1. The van der Waals surface area contributed by atoms with E-state index in [0.717, 1.165) is 19.3 Å². The van der Waals surface area contributed by atoms with Crippen LogP contribution >= 0.6 is 0 Å². The molecular formula is C28H37NO. The van der Waals surface area contributed by atoms with Crippen molar-refractivity contribution in [1.82, 2.24) is 4.98 Å². The molecule has 1 heterocycles. The lowest BCUT2D eigenvalue weighted by Crippen LogP contribution is -2.65. The monoisotopic (exact) mass is 403 g/mol. The molecule has 2 heteroatoms. The van der Waals surface area contributed by atoms with E-state index in [4.69, 9.17) is 0 Å². The summed E-state index contributed by atoms with van der Waals surface area (Å²) in [5, 5.41) is 1.47. The summed E-state index contributed by atoms with van der Waals surface area (Å²) in [6.07, 6.45) is 9.03. The Labute approximate surface area is 181 Å². The van der Waals surface area contributed by atoms with Crippen LogP contribution in [0.5, 0.6) is 0 Å². The summed E-state index contributed by atoms with van der Waals surface area (Å²) in [6, 6.07) is 6.82. The summed E-state index contributed by atoms with van der Waals surface area (Å²) in [5.41, 5.74) is 4.52. The number of benzene rings is 1. The van der Waals surface area contributed by atoms with Gasteiger partial charge in [-0.3, -0.25) is 4.79 Å². The molecule has 2 aromatic rings. The molecule has 0 bridgehead atoms. The van der Waals surface area contributed by atoms with Gasteiger partial charge in [0.15, 0.2) is 0 Å². The number of carbonyl (C=O) groups excluding carboxylic acids is 1. The largest absolute Gasteiger partial charge is 0.361 e. The maximum atomic E-state index is 13.9. The van der Waals surface area contributed by atoms with Crippen molar-refractivity contribution in [3.05, 3.63) is 35.5 Å². The molecule has 6 rings (SSSR count). The average Bonchev–Trinajstić information content (AvgIpc) is 3.16. The normalized spacial score (nSPS) is 44.3. The van der Waals surface area contributed by atoms with Crippen LogP contribution in [0.2, 0.25) is 0 Å². The van der Waals surface area contributed by atoms with Gasteiger partial charge < -0.3 is 4.98 Å². The number of aromatic nitrogens is 1. The van der Waals surface area contributed by atoms with Crippen LogP contribution in [0.15, 0.2) is 24.4 Å². The number of aromatic amines is 1. The Hall–Kier alpha value is -1.57. The molecular weight excluding hydrogens is 366 g/mol. The number of nitrogens with one attached hydrogen (secondary N) is 1. The highest BCUT2D eigenvalue weighted by atomic mass is 16.1. The third-order valence-corrected chi connectivity index (χ3v) is 11.1. The molecule has 0 aliphatic heterocycles. The molecule has 0 amide bonds. The van der Waals surface area contributed by atoms with E-state index in [0.29, 0.717) is 35.4 Å². The molecule has 160 valence electrons. The van der Waals surface area contributed by atoms with Crippen molar-refractivity contribution in [2.24, 2.45) is 34.5 Å². The lowest BCUT2D eigenvalue weighted by atomic mass is 9.34. The van der Waals surface area contributed by atoms with E-state index < -0.39 is 0 Å². The topological polar surface area (TPSA) is 32.9 Å². The number of hydrogen-bond acceptors (Lipinski definition) is 1. The summed E-state index contributed by atoms with van der Waals surface area (Å²) in [5.74, 6) is 3.49. The Morgan fingerprint density at radius 2 is 1.83 bits per heavy atom. The van der Waals surface area contributed by atoms with E-state index in [2.05, 4.69) is 64.0 Å². The molecule has 1 N–H and O–H groups in total. The first kappa shape index (κ1) is 19.1. The summed E-state index contributed by atoms with van der Waals surface area (Å²) in [6.45, 7) is 12.4. The van der Waals surface area contributed by atoms with Crippen molar-refractivity contribution in [3.63, 3.8) is 0 Å². The first-order valence-corrected chi connectivity index (χ1v) is 12.4. The molecule has 7 atom stereocenters. The van der Waals surface area contributed by atoms with Crippen molar-refractivity contribution < 1.29 is 4.79 Å². The van der Waals surface area contributed by atoms with Gasteiger partial charge in [-0.15, -0.1) is 0 Å². The molecule has 2 nitrogen and oxygen atoms in total. The highest BCUT2D eigenvalue weighted by Gasteiger charge is 2.69. The lowest BCUT2D eigenvalue weighted by Gasteiger charge is -2.68. The van der Waals surface area contributed by atoms with Gasteiger partial charge in [-0.05, 0) is 89.7 Å². The van der Waals surface area contributed by atoms with Gasteiger partial charge in [-0.2, -0.15) is 0 Å². The standard InChI is InChI=1S/C28H37NO/c1-16-11-13-27(5)17(2)9-10-22(30)28(27)14-12-20-24(25(16)28)18-15-29-21-8-6-7-19(23(18)21)26(20,3)4/h6-8,15-17,20,24-25,29H,9-14H2,1-5H3/t16-,17-,20-,24+,25+,27+,28?/m0/s1. The van der Waals surface area contributed by atoms with Crippen LogP contribution in [0, 0.1) is 34.5 Å². The fourth-order valence-corrected chi connectivity index (χ4v) is 9.37. The summed E-state index contributed by atoms with van der Waals surface area (Å²) >= 11 is 0. The number of hydrogen-bond donors (Lipinski definition) is 1. The molecule has 3 saturated carbocycles. The second-order valence-electron chi connectivity index (χ2n) is 12.2. The Kier molecular flexibility index (Phi) is 3.71. The van der Waals surface area contributed by atoms with Crippen LogP contribution in [0.1, 0.15) is 90.2 Å². The van der Waals surface area contributed by atoms with Crippen molar-refractivity contribution in [2.45, 2.75) is 84.5 Å². The Bertz CT molecular complexity index is 1050. The fourth-order valence-electron chi connectivity index (χ4n) is 9.37. The number of H-pyrrole nitrogens is 1. The van der Waals surface area contributed by atoms with Crippen LogP contribution in [0.3, 0.4) is 0 Å². The van der Waals surface area contributed by atoms with Gasteiger partial charge in [0.05, 0.1) is 0 Å². The highest BCUT2D eigenvalue weighted by molar-refractivity contribution is 5.91. The molecule has 30 heavy (non-hydrogen) atoms. The van der Waals surface area contributed by atoms with Crippen LogP contribution in [-0.4, -0.2) is 10.8 Å². The van der Waals surface area contributed by atoms with Gasteiger partial charge in [0, 0.05) is 28.9 Å². The highest BCUT2D eigenvalue weighted by Crippen LogP contribution is 2.73. The van der Waals surface area contributed by atoms with Gasteiger partial charge in [0.2, 0.25) is 0 Å². The van der Waals surface area contributed by atoms with E-state index in [1.165, 1.54) is 41.3 Å². The van der Waals surface area contributed by atoms with Gasteiger partial charge in [-0.1, -0.05) is 46.8 Å². The second kappa shape index (κ2) is 5.81. The van der Waals surface area contributed by atoms with E-state index in [1.807, 2.05) is 0 Å². The minimum absolute atomic E-state index is 0.116. The predicted octanol–water partition coefficient (Wildman–Crippen LogP) is 6.99. The molecule has 4 aliphatic carbocycles. The molecule has 3 fully saturated rings. The smallest absolute Gasteiger partial charge is 0.139 e. The minimum atomic E-state index is -0.116. The molecule has 1 unspecified atom stereocenters. The Balaban J connectivity index is 1.63. The van der Waals surface area contributed by atoms with Crippen molar-refractivity contribution in [1.29, 1.82) is 0 Å². The van der Waals surface area contributed by atoms with E-state index in [-0.39, 0.29) is 16.2 Å². The summed E-state index contributed by atoms with van der Waals surface area (Å²) in [4.78, 5) is 17.6. The van der Waals surface area contributed by atoms with Crippen molar-refractivity contribution >= 4 is 16.7 Å². The van der Waals surface area contributed by atoms with Gasteiger partial charge in [-0.25, -0.2) is 0 Å². The SMILES string of the molecule is C[C@H]1CC[C@]2(C)[C@@H](C)CCC(=O)C23CC[C@H]2[C@@H](c4c[nH]c5cccc(c45)C2(C)C)[C@@H]13. The van der Waals surface area contributed by atoms with Gasteiger partial charge in [0.25, 0.3) is 0 Å². The van der Waals surface area contributed by atoms with Gasteiger partial charge >= 0.3 is 0 Å². The number of Topliss-reactive ketones (excluding diaryl/α,β-unsaturated/α-hetero) is 1. The van der Waals surface area contributed by atoms with Gasteiger partial charge in [0.1, 0.15) is 5.78 Å². The van der Waals surface area contributed by atoms with Crippen molar-refractivity contribution in [3.8, 4) is 0 Å². The molecule has 1 spiro atoms. The minimum Gasteiger partial charge on any atom is -0.361 e. The summed E-state index contributed by atoms with van der Waals surface area (Å²) in [7, 11) is 0. The number of carbonyl (C=O) groups is 1. The maximum Gasteiger partial charge on any atom is 0.139 e. The third-order valence-electron chi connectivity index (χ3n) is 11.1. The third kappa shape index (κ3) is 1.96. The van der Waals surface area contributed by atoms with Crippen LogP contribution in [-0.2, 0) is 10.2 Å². The van der Waals surface area contributed by atoms with E-state index >= 15 is 0 Å². The van der Waals surface area contributed by atoms with Crippen LogP contribution in [0.4, 0.5) is 0 Å². The summed E-state index contributed by atoms with van der Waals surface area (Å²) < 4.78 is 0. The molecule has 4 aliphatic rings. The Morgan fingerprint density at radius 3 is 2.63 bits per heavy atom. The van der Waals surface area contributed by atoms with E-state index in [1.54, 1.807) is 0 Å². The average molecular weight is 404 g/mol. The molecule has 1 aromatic carbocycles.